The second-order valence-corrected chi connectivity index (χ2v) is 7.12. The average Bonchev–Trinajstić information content (AvgIpc) is 2.71. The SMILES string of the molecule is C[C@H](CN(Cc1ccccn1)[C@@H](C)C(=O)O)N(Cc1ccccn1)[C@@H](C)C(=O)O. The molecule has 8 nitrogen and oxygen atoms in total. The number of carboxylic acids is 2. The molecule has 2 rings (SSSR count). The maximum atomic E-state index is 11.7. The summed E-state index contributed by atoms with van der Waals surface area (Å²) in [5, 5.41) is 19.1. The fourth-order valence-corrected chi connectivity index (χ4v) is 3.15. The van der Waals surface area contributed by atoms with E-state index in [9.17, 15) is 19.8 Å². The Labute approximate surface area is 170 Å². The largest absolute Gasteiger partial charge is 0.480 e. The maximum absolute atomic E-state index is 11.7. The van der Waals surface area contributed by atoms with Crippen molar-refractivity contribution in [1.82, 2.24) is 19.8 Å². The summed E-state index contributed by atoms with van der Waals surface area (Å²) < 4.78 is 0. The van der Waals surface area contributed by atoms with Gasteiger partial charge in [-0.15, -0.1) is 0 Å². The van der Waals surface area contributed by atoms with Crippen molar-refractivity contribution in [3.8, 4) is 0 Å². The lowest BCUT2D eigenvalue weighted by molar-refractivity contribution is -0.146. The van der Waals surface area contributed by atoms with Gasteiger partial charge in [0.2, 0.25) is 0 Å². The minimum atomic E-state index is -0.935. The number of hydrogen-bond acceptors (Lipinski definition) is 6. The van der Waals surface area contributed by atoms with Gasteiger partial charge in [0.05, 0.1) is 11.4 Å². The van der Waals surface area contributed by atoms with E-state index in [1.807, 2.05) is 36.1 Å². The molecule has 8 heteroatoms. The molecule has 0 aliphatic rings. The van der Waals surface area contributed by atoms with Crippen LogP contribution in [-0.4, -0.2) is 66.6 Å². The molecule has 0 saturated carbocycles. The van der Waals surface area contributed by atoms with Crippen LogP contribution in [0.15, 0.2) is 48.8 Å². The Hall–Kier alpha value is -2.84. The topological polar surface area (TPSA) is 107 Å². The Morgan fingerprint density at radius 1 is 0.862 bits per heavy atom. The summed E-state index contributed by atoms with van der Waals surface area (Å²) in [4.78, 5) is 35.5. The number of aliphatic carboxylic acids is 2. The van der Waals surface area contributed by atoms with E-state index in [4.69, 9.17) is 0 Å². The Bertz CT molecular complexity index is 788. The molecule has 0 saturated heterocycles. The molecular formula is C21H28N4O4. The normalized spacial score (nSPS) is 14.5. The summed E-state index contributed by atoms with van der Waals surface area (Å²) in [6.45, 7) is 6.25. The van der Waals surface area contributed by atoms with Crippen LogP contribution in [0.25, 0.3) is 0 Å². The molecular weight excluding hydrogens is 372 g/mol. The Balaban J connectivity index is 2.22. The van der Waals surface area contributed by atoms with Crippen molar-refractivity contribution in [3.05, 3.63) is 60.2 Å². The van der Waals surface area contributed by atoms with Crippen LogP contribution in [0.4, 0.5) is 0 Å². The molecule has 0 bridgehead atoms. The molecule has 0 radical (unpaired) electrons. The van der Waals surface area contributed by atoms with Gasteiger partial charge in [0, 0.05) is 38.1 Å². The van der Waals surface area contributed by atoms with E-state index in [2.05, 4.69) is 9.97 Å². The molecule has 0 amide bonds. The summed E-state index contributed by atoms with van der Waals surface area (Å²) in [5.41, 5.74) is 1.52. The first-order valence-electron chi connectivity index (χ1n) is 9.54. The van der Waals surface area contributed by atoms with Crippen LogP contribution in [0.5, 0.6) is 0 Å². The molecule has 2 aromatic heterocycles. The molecule has 2 heterocycles. The van der Waals surface area contributed by atoms with Crippen LogP contribution < -0.4 is 0 Å². The zero-order valence-corrected chi connectivity index (χ0v) is 17.0. The highest BCUT2D eigenvalue weighted by Crippen LogP contribution is 2.16. The maximum Gasteiger partial charge on any atom is 0.320 e. The van der Waals surface area contributed by atoms with E-state index < -0.39 is 24.0 Å². The fourth-order valence-electron chi connectivity index (χ4n) is 3.15. The Morgan fingerprint density at radius 2 is 1.38 bits per heavy atom. The highest BCUT2D eigenvalue weighted by Gasteiger charge is 2.30. The van der Waals surface area contributed by atoms with E-state index in [1.54, 1.807) is 43.3 Å². The minimum Gasteiger partial charge on any atom is -0.480 e. The number of hydrogen-bond donors (Lipinski definition) is 2. The highest BCUT2D eigenvalue weighted by molar-refractivity contribution is 5.73. The molecule has 0 aromatic carbocycles. The van der Waals surface area contributed by atoms with Crippen LogP contribution in [0.1, 0.15) is 32.2 Å². The number of rotatable bonds is 11. The van der Waals surface area contributed by atoms with Gasteiger partial charge < -0.3 is 10.2 Å². The van der Waals surface area contributed by atoms with Gasteiger partial charge in [-0.05, 0) is 45.0 Å². The molecule has 0 aliphatic carbocycles. The summed E-state index contributed by atoms with van der Waals surface area (Å²) in [5.74, 6) is -1.87. The number of aromatic nitrogens is 2. The molecule has 29 heavy (non-hydrogen) atoms. The Kier molecular flexibility index (Phi) is 8.23. The quantitative estimate of drug-likeness (QED) is 0.591. The molecule has 156 valence electrons. The number of pyridine rings is 2. The van der Waals surface area contributed by atoms with Crippen molar-refractivity contribution in [2.45, 2.75) is 52.0 Å². The summed E-state index contributed by atoms with van der Waals surface area (Å²) >= 11 is 0. The van der Waals surface area contributed by atoms with Crippen LogP contribution >= 0.6 is 0 Å². The van der Waals surface area contributed by atoms with Gasteiger partial charge in [0.25, 0.3) is 0 Å². The van der Waals surface area contributed by atoms with Crippen LogP contribution in [0.2, 0.25) is 0 Å². The third kappa shape index (κ3) is 6.62. The van der Waals surface area contributed by atoms with Gasteiger partial charge in [-0.1, -0.05) is 12.1 Å². The van der Waals surface area contributed by atoms with E-state index in [0.29, 0.717) is 19.6 Å². The first kappa shape index (κ1) is 22.4. The zero-order valence-electron chi connectivity index (χ0n) is 17.0. The monoisotopic (exact) mass is 400 g/mol. The van der Waals surface area contributed by atoms with Gasteiger partial charge in [0.15, 0.2) is 0 Å². The van der Waals surface area contributed by atoms with E-state index in [1.165, 1.54) is 0 Å². The van der Waals surface area contributed by atoms with Crippen molar-refractivity contribution >= 4 is 11.9 Å². The second kappa shape index (κ2) is 10.6. The average molecular weight is 400 g/mol. The summed E-state index contributed by atoms with van der Waals surface area (Å²) in [6, 6.07) is 9.30. The lowest BCUT2D eigenvalue weighted by atomic mass is 10.1. The van der Waals surface area contributed by atoms with Crippen molar-refractivity contribution in [3.63, 3.8) is 0 Å². The summed E-state index contributed by atoms with van der Waals surface area (Å²) in [7, 11) is 0. The predicted molar refractivity (Wildman–Crippen MR) is 108 cm³/mol. The number of carbonyl (C=O) groups is 2. The molecule has 3 atom stereocenters. The van der Waals surface area contributed by atoms with Crippen molar-refractivity contribution in [2.75, 3.05) is 6.54 Å². The number of carboxylic acid groups (broad SMARTS) is 2. The predicted octanol–water partition coefficient (Wildman–Crippen LogP) is 2.12. The van der Waals surface area contributed by atoms with E-state index >= 15 is 0 Å². The van der Waals surface area contributed by atoms with Gasteiger partial charge in [-0.3, -0.25) is 29.4 Å². The van der Waals surface area contributed by atoms with Crippen LogP contribution in [0, 0.1) is 0 Å². The van der Waals surface area contributed by atoms with Crippen molar-refractivity contribution in [1.29, 1.82) is 0 Å². The standard InChI is InChI=1S/C21H28N4O4/c1-15(25(17(3)21(28)29)14-19-9-5-7-11-23-19)12-24(16(2)20(26)27)13-18-8-4-6-10-22-18/h4-11,15-17H,12-14H2,1-3H3,(H,26,27)(H,28,29)/t15-,16+,17+/m1/s1. The van der Waals surface area contributed by atoms with Crippen molar-refractivity contribution < 1.29 is 19.8 Å². The first-order chi connectivity index (χ1) is 13.8. The Morgan fingerprint density at radius 3 is 1.83 bits per heavy atom. The van der Waals surface area contributed by atoms with E-state index in [-0.39, 0.29) is 6.04 Å². The van der Waals surface area contributed by atoms with E-state index in [0.717, 1.165) is 11.4 Å². The molecule has 0 aliphatic heterocycles. The fraction of sp³-hybridized carbons (Fsp3) is 0.429. The zero-order chi connectivity index (χ0) is 21.4. The lowest BCUT2D eigenvalue weighted by Gasteiger charge is -2.36. The van der Waals surface area contributed by atoms with Crippen molar-refractivity contribution in [2.24, 2.45) is 0 Å². The molecule has 2 N–H and O–H groups in total. The first-order valence-corrected chi connectivity index (χ1v) is 9.54. The minimum absolute atomic E-state index is 0.228. The van der Waals surface area contributed by atoms with Crippen LogP contribution in [0.3, 0.4) is 0 Å². The van der Waals surface area contributed by atoms with Gasteiger partial charge in [-0.2, -0.15) is 0 Å². The van der Waals surface area contributed by atoms with Gasteiger partial charge in [-0.25, -0.2) is 0 Å². The van der Waals surface area contributed by atoms with Gasteiger partial charge in [0.1, 0.15) is 12.1 Å². The smallest absolute Gasteiger partial charge is 0.320 e. The van der Waals surface area contributed by atoms with Crippen LogP contribution in [-0.2, 0) is 22.7 Å². The van der Waals surface area contributed by atoms with Gasteiger partial charge >= 0.3 is 11.9 Å². The second-order valence-electron chi connectivity index (χ2n) is 7.12. The third-order valence-electron chi connectivity index (χ3n) is 4.99. The molecule has 0 unspecified atom stereocenters. The molecule has 2 aromatic rings. The highest BCUT2D eigenvalue weighted by atomic mass is 16.4. The third-order valence-corrected chi connectivity index (χ3v) is 4.99. The lowest BCUT2D eigenvalue weighted by Crippen LogP contribution is -2.51. The molecule has 0 spiro atoms. The molecule has 0 fully saturated rings. The number of nitrogens with zero attached hydrogens (tertiary/aromatic N) is 4. The summed E-state index contributed by atoms with van der Waals surface area (Å²) in [6.07, 6.45) is 3.34.